The molecule has 1 unspecified atom stereocenters. The van der Waals surface area contributed by atoms with Gasteiger partial charge >= 0.3 is 0 Å². The van der Waals surface area contributed by atoms with Crippen LogP contribution in [-0.2, 0) is 5.60 Å². The first-order chi connectivity index (χ1) is 10.3. The maximum atomic E-state index is 11.4. The molecule has 0 aliphatic carbocycles. The molecule has 0 saturated heterocycles. The SMILES string of the molecule is CC(O)(CNc1nnc(Cl)cc1C(N)=O)c1cccc(Cl)c1. The Kier molecular flexibility index (Phi) is 4.85. The topological polar surface area (TPSA) is 101 Å². The van der Waals surface area contributed by atoms with E-state index in [0.29, 0.717) is 10.6 Å². The van der Waals surface area contributed by atoms with E-state index in [2.05, 4.69) is 15.5 Å². The van der Waals surface area contributed by atoms with Gasteiger partial charge in [-0.1, -0.05) is 35.3 Å². The highest BCUT2D eigenvalue weighted by Gasteiger charge is 2.24. The van der Waals surface area contributed by atoms with E-state index in [0.717, 1.165) is 0 Å². The Morgan fingerprint density at radius 3 is 2.73 bits per heavy atom. The summed E-state index contributed by atoms with van der Waals surface area (Å²) in [6.45, 7) is 1.68. The predicted octanol–water partition coefficient (Wildman–Crippen LogP) is 2.20. The second kappa shape index (κ2) is 6.48. The van der Waals surface area contributed by atoms with Gasteiger partial charge in [0.15, 0.2) is 11.0 Å². The molecule has 1 heterocycles. The molecule has 2 aromatic rings. The van der Waals surface area contributed by atoms with Crippen LogP contribution < -0.4 is 11.1 Å². The lowest BCUT2D eigenvalue weighted by Crippen LogP contribution is -2.31. The summed E-state index contributed by atoms with van der Waals surface area (Å²) in [5.41, 5.74) is 4.75. The smallest absolute Gasteiger partial charge is 0.252 e. The first-order valence-corrected chi connectivity index (χ1v) is 7.10. The van der Waals surface area contributed by atoms with Crippen molar-refractivity contribution < 1.29 is 9.90 Å². The molecule has 22 heavy (non-hydrogen) atoms. The maximum absolute atomic E-state index is 11.4. The van der Waals surface area contributed by atoms with Crippen LogP contribution in [0.5, 0.6) is 0 Å². The molecule has 0 aliphatic rings. The summed E-state index contributed by atoms with van der Waals surface area (Å²) in [6.07, 6.45) is 0. The molecular weight excluding hydrogens is 327 g/mol. The largest absolute Gasteiger partial charge is 0.384 e. The molecule has 0 fully saturated rings. The van der Waals surface area contributed by atoms with Gasteiger partial charge in [0.05, 0.1) is 5.56 Å². The molecule has 1 atom stereocenters. The number of anilines is 1. The zero-order valence-electron chi connectivity index (χ0n) is 11.7. The fraction of sp³-hybridized carbons (Fsp3) is 0.214. The van der Waals surface area contributed by atoms with E-state index in [1.165, 1.54) is 6.07 Å². The highest BCUT2D eigenvalue weighted by Crippen LogP contribution is 2.24. The highest BCUT2D eigenvalue weighted by atomic mass is 35.5. The summed E-state index contributed by atoms with van der Waals surface area (Å²) in [4.78, 5) is 11.4. The minimum absolute atomic E-state index is 0.0564. The molecule has 1 aromatic heterocycles. The van der Waals surface area contributed by atoms with Crippen molar-refractivity contribution in [3.8, 4) is 0 Å². The lowest BCUT2D eigenvalue weighted by atomic mass is 9.96. The van der Waals surface area contributed by atoms with Gasteiger partial charge in [-0.2, -0.15) is 0 Å². The van der Waals surface area contributed by atoms with Gasteiger partial charge in [0.2, 0.25) is 0 Å². The number of carbonyl (C=O) groups excluding carboxylic acids is 1. The molecule has 0 radical (unpaired) electrons. The van der Waals surface area contributed by atoms with Crippen LogP contribution >= 0.6 is 23.2 Å². The number of aromatic nitrogens is 2. The Morgan fingerprint density at radius 2 is 2.09 bits per heavy atom. The zero-order valence-corrected chi connectivity index (χ0v) is 13.2. The third kappa shape index (κ3) is 3.85. The molecule has 8 heteroatoms. The van der Waals surface area contributed by atoms with Gasteiger partial charge in [0.25, 0.3) is 5.91 Å². The summed E-state index contributed by atoms with van der Waals surface area (Å²) < 4.78 is 0. The van der Waals surface area contributed by atoms with Crippen molar-refractivity contribution in [3.05, 3.63) is 51.6 Å². The third-order valence-corrected chi connectivity index (χ3v) is 3.50. The first-order valence-electron chi connectivity index (χ1n) is 6.35. The Balaban J connectivity index is 2.20. The van der Waals surface area contributed by atoms with Gasteiger partial charge in [0, 0.05) is 11.6 Å². The number of amides is 1. The van der Waals surface area contributed by atoms with Gasteiger partial charge in [-0.25, -0.2) is 0 Å². The molecule has 6 nitrogen and oxygen atoms in total. The van der Waals surface area contributed by atoms with Crippen molar-refractivity contribution in [3.63, 3.8) is 0 Å². The average molecular weight is 341 g/mol. The lowest BCUT2D eigenvalue weighted by Gasteiger charge is -2.25. The van der Waals surface area contributed by atoms with Gasteiger partial charge in [-0.15, -0.1) is 10.2 Å². The van der Waals surface area contributed by atoms with Crippen LogP contribution in [0.2, 0.25) is 10.2 Å². The van der Waals surface area contributed by atoms with E-state index in [4.69, 9.17) is 28.9 Å². The molecule has 2 rings (SSSR count). The quantitative estimate of drug-likeness (QED) is 0.774. The van der Waals surface area contributed by atoms with Gasteiger partial charge < -0.3 is 16.2 Å². The van der Waals surface area contributed by atoms with Crippen LogP contribution in [0.25, 0.3) is 0 Å². The van der Waals surface area contributed by atoms with Gasteiger partial charge in [-0.3, -0.25) is 4.79 Å². The average Bonchev–Trinajstić information content (AvgIpc) is 2.46. The minimum atomic E-state index is -1.23. The number of nitrogens with zero attached hydrogens (tertiary/aromatic N) is 2. The van der Waals surface area contributed by atoms with Crippen molar-refractivity contribution in [2.75, 3.05) is 11.9 Å². The van der Waals surface area contributed by atoms with Crippen LogP contribution in [-0.4, -0.2) is 27.8 Å². The summed E-state index contributed by atoms with van der Waals surface area (Å²) in [5.74, 6) is -0.541. The lowest BCUT2D eigenvalue weighted by molar-refractivity contribution is 0.0713. The van der Waals surface area contributed by atoms with Crippen molar-refractivity contribution >= 4 is 34.9 Å². The van der Waals surface area contributed by atoms with Crippen molar-refractivity contribution in [2.24, 2.45) is 5.73 Å². The molecule has 0 spiro atoms. The standard InChI is InChI=1S/C14H14Cl2N4O2/c1-14(22,8-3-2-4-9(15)5-8)7-18-13-10(12(17)21)6-11(16)19-20-13/h2-6,22H,7H2,1H3,(H2,17,21)(H,18,20). The second-order valence-corrected chi connectivity index (χ2v) is 5.76. The minimum Gasteiger partial charge on any atom is -0.384 e. The Morgan fingerprint density at radius 1 is 1.36 bits per heavy atom. The summed E-state index contributed by atoms with van der Waals surface area (Å²) >= 11 is 11.6. The van der Waals surface area contributed by atoms with E-state index < -0.39 is 11.5 Å². The van der Waals surface area contributed by atoms with Crippen LogP contribution in [0.4, 0.5) is 5.82 Å². The number of hydrogen-bond acceptors (Lipinski definition) is 5. The molecular formula is C14H14Cl2N4O2. The molecule has 4 N–H and O–H groups in total. The fourth-order valence-corrected chi connectivity index (χ4v) is 2.20. The van der Waals surface area contributed by atoms with E-state index in [9.17, 15) is 9.90 Å². The molecule has 116 valence electrons. The Hall–Kier alpha value is -1.89. The number of aliphatic hydroxyl groups is 1. The zero-order chi connectivity index (χ0) is 16.3. The third-order valence-electron chi connectivity index (χ3n) is 3.08. The van der Waals surface area contributed by atoms with Gasteiger partial charge in [-0.05, 0) is 30.7 Å². The number of nitrogens with one attached hydrogen (secondary N) is 1. The number of rotatable bonds is 5. The Bertz CT molecular complexity index is 707. The summed E-state index contributed by atoms with van der Waals surface area (Å²) in [5, 5.41) is 21.4. The number of benzene rings is 1. The van der Waals surface area contributed by atoms with Crippen molar-refractivity contribution in [1.82, 2.24) is 10.2 Å². The molecule has 1 amide bonds. The highest BCUT2D eigenvalue weighted by molar-refractivity contribution is 6.30. The first kappa shape index (κ1) is 16.5. The molecule has 0 saturated carbocycles. The van der Waals surface area contributed by atoms with E-state index in [-0.39, 0.29) is 23.1 Å². The Labute approximate surface area is 137 Å². The number of primary amides is 1. The molecule has 1 aromatic carbocycles. The number of halogens is 2. The van der Waals surface area contributed by atoms with Crippen LogP contribution in [0, 0.1) is 0 Å². The number of carbonyl (C=O) groups is 1. The molecule has 0 aliphatic heterocycles. The number of hydrogen-bond donors (Lipinski definition) is 3. The van der Waals surface area contributed by atoms with E-state index >= 15 is 0 Å². The normalized spacial score (nSPS) is 13.5. The predicted molar refractivity (Wildman–Crippen MR) is 85.1 cm³/mol. The van der Waals surface area contributed by atoms with E-state index in [1.54, 1.807) is 31.2 Å². The maximum Gasteiger partial charge on any atom is 0.252 e. The second-order valence-electron chi connectivity index (χ2n) is 4.93. The summed E-state index contributed by atoms with van der Waals surface area (Å²) in [7, 11) is 0. The van der Waals surface area contributed by atoms with Crippen molar-refractivity contribution in [2.45, 2.75) is 12.5 Å². The van der Waals surface area contributed by atoms with Gasteiger partial charge in [0.1, 0.15) is 5.60 Å². The molecule has 0 bridgehead atoms. The monoisotopic (exact) mass is 340 g/mol. The van der Waals surface area contributed by atoms with Crippen LogP contribution in [0.1, 0.15) is 22.8 Å². The fourth-order valence-electron chi connectivity index (χ4n) is 1.87. The summed E-state index contributed by atoms with van der Waals surface area (Å²) in [6, 6.07) is 8.17. The number of nitrogens with two attached hydrogens (primary N) is 1. The van der Waals surface area contributed by atoms with E-state index in [1.807, 2.05) is 0 Å². The van der Waals surface area contributed by atoms with Crippen LogP contribution in [0.3, 0.4) is 0 Å². The van der Waals surface area contributed by atoms with Crippen molar-refractivity contribution in [1.29, 1.82) is 0 Å². The van der Waals surface area contributed by atoms with Crippen LogP contribution in [0.15, 0.2) is 30.3 Å².